The van der Waals surface area contributed by atoms with Crippen molar-refractivity contribution in [1.29, 1.82) is 0 Å². The van der Waals surface area contributed by atoms with Gasteiger partial charge in [0.2, 0.25) is 0 Å². The average molecular weight is 572 g/mol. The van der Waals surface area contributed by atoms with Crippen molar-refractivity contribution in [3.63, 3.8) is 0 Å². The van der Waals surface area contributed by atoms with Crippen molar-refractivity contribution in [2.45, 2.75) is 49.1 Å². The summed E-state index contributed by atoms with van der Waals surface area (Å²) in [6.07, 6.45) is -8.48. The summed E-state index contributed by atoms with van der Waals surface area (Å²) in [5, 5.41) is 43.0. The zero-order chi connectivity index (χ0) is 27.1. The van der Waals surface area contributed by atoms with Crippen LogP contribution in [0.5, 0.6) is 0 Å². The molecule has 2 aromatic rings. The molecule has 37 heavy (non-hydrogen) atoms. The Labute approximate surface area is 208 Å². The van der Waals surface area contributed by atoms with Gasteiger partial charge in [-0.15, -0.1) is 0 Å². The fraction of sp³-hybridized carbons (Fsp3) is 0.688. The van der Waals surface area contributed by atoms with Crippen molar-refractivity contribution >= 4 is 32.6 Å². The fourth-order valence-electron chi connectivity index (χ4n) is 3.79. The predicted octanol–water partition coefficient (Wildman–Crippen LogP) is -3.06. The molecule has 208 valence electrons. The Bertz CT molecular complexity index is 1200. The maximum Gasteiger partial charge on any atom is 0.481 e. The zero-order valence-electron chi connectivity index (χ0n) is 19.0. The number of imidazole rings is 1. The standard InChI is InChI=1S/C16H26N6O13P2/c1-18-15-11(25)9(23)6(33-15)2-31-36(27,28)35-37(29,30)32-3-7-10(24)12(26)16(34-7)22-5-21-8-13(17)19-4-20-14(8)22/h4-7,9-12,15-16,18,23-26H,2-3H2,1H3,(H,27,28)(H,29,30)(H2,17,19,20)/t6-,7-,9-,10-,11-,12-,15-,16-/m1/s1. The van der Waals surface area contributed by atoms with E-state index >= 15 is 0 Å². The lowest BCUT2D eigenvalue weighted by Gasteiger charge is -2.20. The number of fused-ring (bicyclic) bond motifs is 1. The van der Waals surface area contributed by atoms with Gasteiger partial charge in [0.1, 0.15) is 54.7 Å². The van der Waals surface area contributed by atoms with Crippen LogP contribution < -0.4 is 11.1 Å². The number of anilines is 1. The largest absolute Gasteiger partial charge is 0.481 e. The first-order valence-corrected chi connectivity index (χ1v) is 13.6. The molecule has 0 aromatic carbocycles. The third-order valence-electron chi connectivity index (χ3n) is 5.66. The zero-order valence-corrected chi connectivity index (χ0v) is 20.8. The third-order valence-corrected chi connectivity index (χ3v) is 8.26. The number of hydrogen-bond acceptors (Lipinski definition) is 16. The molecule has 4 heterocycles. The lowest BCUT2D eigenvalue weighted by molar-refractivity contribution is -0.0508. The molecule has 2 aliphatic heterocycles. The molecule has 0 saturated carbocycles. The molecule has 10 atom stereocenters. The molecule has 0 amide bonds. The van der Waals surface area contributed by atoms with Gasteiger partial charge in [0.15, 0.2) is 17.7 Å². The summed E-state index contributed by atoms with van der Waals surface area (Å²) in [6.45, 7) is -1.64. The highest BCUT2D eigenvalue weighted by atomic mass is 31.3. The summed E-state index contributed by atoms with van der Waals surface area (Å²) >= 11 is 0. The molecule has 2 saturated heterocycles. The quantitative estimate of drug-likeness (QED) is 0.131. The molecule has 2 aliphatic rings. The van der Waals surface area contributed by atoms with Gasteiger partial charge in [-0.1, -0.05) is 0 Å². The number of ether oxygens (including phenoxy) is 2. The second-order valence-electron chi connectivity index (χ2n) is 8.10. The van der Waals surface area contributed by atoms with Crippen LogP contribution in [-0.4, -0.2) is 113 Å². The van der Waals surface area contributed by atoms with E-state index in [1.165, 1.54) is 17.9 Å². The Morgan fingerprint density at radius 3 is 2.16 bits per heavy atom. The normalized spacial score (nSPS) is 35.5. The fourth-order valence-corrected chi connectivity index (χ4v) is 5.88. The minimum Gasteiger partial charge on any atom is -0.387 e. The highest BCUT2D eigenvalue weighted by molar-refractivity contribution is 7.61. The number of nitrogens with two attached hydrogens (primary N) is 1. The van der Waals surface area contributed by atoms with Gasteiger partial charge in [-0.3, -0.25) is 18.9 Å². The predicted molar refractivity (Wildman–Crippen MR) is 118 cm³/mol. The van der Waals surface area contributed by atoms with Crippen LogP contribution in [0.3, 0.4) is 0 Å². The summed E-state index contributed by atoms with van der Waals surface area (Å²) in [4.78, 5) is 31.5. The van der Waals surface area contributed by atoms with Crippen molar-refractivity contribution in [2.24, 2.45) is 0 Å². The molecular weight excluding hydrogens is 546 g/mol. The van der Waals surface area contributed by atoms with E-state index in [9.17, 15) is 39.3 Å². The molecule has 0 radical (unpaired) electrons. The van der Waals surface area contributed by atoms with Gasteiger partial charge >= 0.3 is 15.6 Å². The van der Waals surface area contributed by atoms with E-state index in [1.54, 1.807) is 0 Å². The van der Waals surface area contributed by atoms with E-state index in [2.05, 4.69) is 33.6 Å². The Kier molecular flexibility index (Phi) is 8.30. The van der Waals surface area contributed by atoms with Crippen molar-refractivity contribution in [1.82, 2.24) is 24.8 Å². The molecule has 0 aliphatic carbocycles. The first kappa shape index (κ1) is 28.3. The van der Waals surface area contributed by atoms with Crippen LogP contribution in [-0.2, 0) is 32.0 Å². The summed E-state index contributed by atoms with van der Waals surface area (Å²) in [7, 11) is -9.07. The molecular formula is C16H26N6O13P2. The molecule has 4 rings (SSSR count). The lowest BCUT2D eigenvalue weighted by Crippen LogP contribution is -2.39. The second kappa shape index (κ2) is 10.8. The van der Waals surface area contributed by atoms with Gasteiger partial charge in [0, 0.05) is 0 Å². The van der Waals surface area contributed by atoms with Gasteiger partial charge in [-0.05, 0) is 7.05 Å². The first-order valence-electron chi connectivity index (χ1n) is 10.6. The summed E-state index contributed by atoms with van der Waals surface area (Å²) in [6, 6.07) is 0. The highest BCUT2D eigenvalue weighted by Gasteiger charge is 2.47. The van der Waals surface area contributed by atoms with Crippen LogP contribution >= 0.6 is 15.6 Å². The van der Waals surface area contributed by atoms with Crippen LogP contribution in [0.4, 0.5) is 5.82 Å². The van der Waals surface area contributed by atoms with E-state index in [4.69, 9.17) is 15.2 Å². The topological polar surface area (TPSA) is 283 Å². The summed E-state index contributed by atoms with van der Waals surface area (Å²) < 4.78 is 49.8. The van der Waals surface area contributed by atoms with Gasteiger partial charge < -0.3 is 45.4 Å². The highest BCUT2D eigenvalue weighted by Crippen LogP contribution is 2.60. The third kappa shape index (κ3) is 6.00. The molecule has 19 nitrogen and oxygen atoms in total. The molecule has 9 N–H and O–H groups in total. The number of aromatic nitrogens is 4. The summed E-state index contributed by atoms with van der Waals surface area (Å²) in [5.41, 5.74) is 6.13. The lowest BCUT2D eigenvalue weighted by atomic mass is 10.1. The number of likely N-dealkylation sites (N-methyl/N-ethyl adjacent to an activating group) is 1. The van der Waals surface area contributed by atoms with Crippen molar-refractivity contribution in [2.75, 3.05) is 26.0 Å². The van der Waals surface area contributed by atoms with Gasteiger partial charge in [0.05, 0.1) is 19.5 Å². The van der Waals surface area contributed by atoms with E-state index in [1.807, 2.05) is 0 Å². The maximum absolute atomic E-state index is 12.2. The maximum atomic E-state index is 12.2. The second-order valence-corrected chi connectivity index (χ2v) is 11.1. The summed E-state index contributed by atoms with van der Waals surface area (Å²) in [5.74, 6) is 0.0673. The molecule has 21 heteroatoms. The number of nitrogen functional groups attached to an aromatic ring is 1. The number of nitrogens with one attached hydrogen (secondary N) is 1. The Balaban J connectivity index is 1.33. The van der Waals surface area contributed by atoms with Crippen LogP contribution in [0.25, 0.3) is 11.2 Å². The van der Waals surface area contributed by atoms with E-state index in [-0.39, 0.29) is 17.0 Å². The molecule has 2 aromatic heterocycles. The minimum atomic E-state index is -5.28. The number of nitrogens with zero attached hydrogens (tertiary/aromatic N) is 4. The SMILES string of the molecule is CN[C@@H]1O[C@H](COP(=O)(O)OP(=O)(O)OC[C@H]2O[C@@H](n3cnc4c(N)ncnc43)[C@H](O)[C@@H]2O)[C@@H](O)[C@H]1O. The van der Waals surface area contributed by atoms with Gasteiger partial charge in [-0.2, -0.15) is 4.31 Å². The van der Waals surface area contributed by atoms with Crippen LogP contribution in [0.1, 0.15) is 6.23 Å². The number of hydrogen-bond donors (Lipinski definition) is 8. The molecule has 0 bridgehead atoms. The molecule has 2 fully saturated rings. The molecule has 0 spiro atoms. The smallest absolute Gasteiger partial charge is 0.387 e. The Morgan fingerprint density at radius 2 is 1.57 bits per heavy atom. The van der Waals surface area contributed by atoms with E-state index in [0.29, 0.717) is 0 Å². The van der Waals surface area contributed by atoms with Crippen LogP contribution in [0, 0.1) is 0 Å². The van der Waals surface area contributed by atoms with Gasteiger partial charge in [-0.25, -0.2) is 24.1 Å². The van der Waals surface area contributed by atoms with E-state index in [0.717, 1.165) is 6.33 Å². The Morgan fingerprint density at radius 1 is 0.973 bits per heavy atom. The van der Waals surface area contributed by atoms with Crippen molar-refractivity contribution in [3.8, 4) is 0 Å². The average Bonchev–Trinajstić information content (AvgIpc) is 3.46. The Hall–Kier alpha value is -1.67. The van der Waals surface area contributed by atoms with Gasteiger partial charge in [0.25, 0.3) is 0 Å². The number of aliphatic hydroxyl groups excluding tert-OH is 4. The number of phosphoric ester groups is 2. The number of phosphoric acid groups is 2. The van der Waals surface area contributed by atoms with Crippen LogP contribution in [0.2, 0.25) is 0 Å². The van der Waals surface area contributed by atoms with Crippen molar-refractivity contribution in [3.05, 3.63) is 12.7 Å². The number of aliphatic hydroxyl groups is 4. The van der Waals surface area contributed by atoms with Crippen molar-refractivity contribution < 1.29 is 62.2 Å². The monoisotopic (exact) mass is 572 g/mol. The van der Waals surface area contributed by atoms with Crippen LogP contribution in [0.15, 0.2) is 12.7 Å². The van der Waals surface area contributed by atoms with E-state index < -0.39 is 77.9 Å². The first-order chi connectivity index (χ1) is 17.3. The minimum absolute atomic E-state index is 0.0673. The number of rotatable bonds is 10. The molecule has 2 unspecified atom stereocenters.